The van der Waals surface area contributed by atoms with Crippen LogP contribution in [-0.2, 0) is 0 Å². The minimum atomic E-state index is 0.0795. The number of nitrogens with one attached hydrogen (secondary N) is 1. The summed E-state index contributed by atoms with van der Waals surface area (Å²) in [6.45, 7) is 1.69. The number of anilines is 1. The molecule has 80 valence electrons. The molecular weight excluding hydrogens is 202 g/mol. The molecule has 0 radical (unpaired) electrons. The quantitative estimate of drug-likeness (QED) is 0.783. The van der Waals surface area contributed by atoms with Crippen LogP contribution in [0.5, 0.6) is 5.75 Å². The molecule has 1 rings (SSSR count). The first kappa shape index (κ1) is 11.6. The largest absolute Gasteiger partial charge is 0.497 e. The summed E-state index contributed by atoms with van der Waals surface area (Å²) in [6.07, 6.45) is 0. The summed E-state index contributed by atoms with van der Waals surface area (Å²) in [7, 11) is 1.59. The van der Waals surface area contributed by atoms with Crippen LogP contribution in [0.2, 0.25) is 0 Å². The number of rotatable bonds is 3. The number of nitrogens with zero attached hydrogens (tertiary/aromatic N) is 2. The van der Waals surface area contributed by atoms with Gasteiger partial charge in [0.05, 0.1) is 7.11 Å². The molecule has 4 heteroatoms. The highest BCUT2D eigenvalue weighted by atomic mass is 16.5. The molecule has 0 bridgehead atoms. The van der Waals surface area contributed by atoms with Gasteiger partial charge in [-0.3, -0.25) is 0 Å². The van der Waals surface area contributed by atoms with Crippen molar-refractivity contribution in [1.82, 2.24) is 0 Å². The van der Waals surface area contributed by atoms with Gasteiger partial charge in [0.15, 0.2) is 0 Å². The third kappa shape index (κ3) is 2.76. The fourth-order valence-electron chi connectivity index (χ4n) is 1.15. The van der Waals surface area contributed by atoms with E-state index in [-0.39, 0.29) is 5.57 Å². The topological polar surface area (TPSA) is 68.8 Å². The van der Waals surface area contributed by atoms with E-state index in [2.05, 4.69) is 5.32 Å². The fourth-order valence-corrected chi connectivity index (χ4v) is 1.15. The third-order valence-corrected chi connectivity index (χ3v) is 2.02. The van der Waals surface area contributed by atoms with Crippen LogP contribution in [0, 0.1) is 22.7 Å². The van der Waals surface area contributed by atoms with Crippen LogP contribution >= 0.6 is 0 Å². The molecule has 0 amide bonds. The van der Waals surface area contributed by atoms with E-state index < -0.39 is 0 Å². The molecule has 16 heavy (non-hydrogen) atoms. The highest BCUT2D eigenvalue weighted by Gasteiger charge is 2.01. The minimum Gasteiger partial charge on any atom is -0.497 e. The molecule has 1 N–H and O–H groups in total. The Hall–Kier alpha value is -2.46. The van der Waals surface area contributed by atoms with Gasteiger partial charge < -0.3 is 10.1 Å². The summed E-state index contributed by atoms with van der Waals surface area (Å²) in [6, 6.07) is 10.9. The Balaban J connectivity index is 2.86. The number of hydrogen-bond acceptors (Lipinski definition) is 4. The van der Waals surface area contributed by atoms with Crippen molar-refractivity contribution < 1.29 is 4.74 Å². The molecule has 0 aliphatic carbocycles. The van der Waals surface area contributed by atoms with Crippen LogP contribution in [0.1, 0.15) is 6.92 Å². The van der Waals surface area contributed by atoms with E-state index in [1.807, 2.05) is 24.3 Å². The number of allylic oxidation sites excluding steroid dienone is 2. The molecule has 0 aromatic heterocycles. The Morgan fingerprint density at radius 3 is 2.19 bits per heavy atom. The zero-order valence-corrected chi connectivity index (χ0v) is 9.11. The highest BCUT2D eigenvalue weighted by molar-refractivity contribution is 5.54. The second-order valence-corrected chi connectivity index (χ2v) is 3.08. The lowest BCUT2D eigenvalue weighted by atomic mass is 10.2. The molecule has 0 spiro atoms. The monoisotopic (exact) mass is 213 g/mol. The number of benzene rings is 1. The summed E-state index contributed by atoms with van der Waals surface area (Å²) in [5.74, 6) is 0.757. The Morgan fingerprint density at radius 1 is 1.19 bits per heavy atom. The summed E-state index contributed by atoms with van der Waals surface area (Å²) in [5, 5.41) is 20.3. The average molecular weight is 213 g/mol. The van der Waals surface area contributed by atoms with Crippen molar-refractivity contribution in [2.24, 2.45) is 0 Å². The lowest BCUT2D eigenvalue weighted by Crippen LogP contribution is -1.98. The van der Waals surface area contributed by atoms with E-state index in [9.17, 15) is 0 Å². The second kappa shape index (κ2) is 5.43. The molecule has 1 aromatic rings. The Labute approximate surface area is 94.4 Å². The predicted octanol–water partition coefficient (Wildman–Crippen LogP) is 2.43. The van der Waals surface area contributed by atoms with Crippen molar-refractivity contribution in [2.75, 3.05) is 12.4 Å². The Kier molecular flexibility index (Phi) is 3.94. The molecule has 0 saturated heterocycles. The minimum absolute atomic E-state index is 0.0795. The smallest absolute Gasteiger partial charge is 0.148 e. The van der Waals surface area contributed by atoms with Crippen molar-refractivity contribution in [3.8, 4) is 17.9 Å². The Bertz CT molecular complexity index is 458. The van der Waals surface area contributed by atoms with E-state index in [1.165, 1.54) is 0 Å². The van der Waals surface area contributed by atoms with E-state index in [0.717, 1.165) is 11.4 Å². The van der Waals surface area contributed by atoms with Crippen molar-refractivity contribution >= 4 is 5.69 Å². The maximum atomic E-state index is 8.67. The second-order valence-electron chi connectivity index (χ2n) is 3.08. The number of hydrogen-bond donors (Lipinski definition) is 1. The molecule has 0 heterocycles. The fraction of sp³-hybridized carbons (Fsp3) is 0.167. The molecule has 4 nitrogen and oxygen atoms in total. The van der Waals surface area contributed by atoms with Crippen LogP contribution in [0.4, 0.5) is 5.69 Å². The van der Waals surface area contributed by atoms with Gasteiger partial charge in [-0.2, -0.15) is 10.5 Å². The van der Waals surface area contributed by atoms with Gasteiger partial charge in [0.2, 0.25) is 0 Å². The van der Waals surface area contributed by atoms with E-state index in [0.29, 0.717) is 5.70 Å². The first-order chi connectivity index (χ1) is 7.71. The van der Waals surface area contributed by atoms with Gasteiger partial charge >= 0.3 is 0 Å². The van der Waals surface area contributed by atoms with Crippen molar-refractivity contribution in [3.63, 3.8) is 0 Å². The molecule has 0 aliphatic rings. The van der Waals surface area contributed by atoms with Gasteiger partial charge in [0, 0.05) is 11.4 Å². The van der Waals surface area contributed by atoms with Crippen LogP contribution in [0.3, 0.4) is 0 Å². The van der Waals surface area contributed by atoms with Crippen molar-refractivity contribution in [3.05, 3.63) is 35.5 Å². The summed E-state index contributed by atoms with van der Waals surface area (Å²) in [5.41, 5.74) is 1.42. The van der Waals surface area contributed by atoms with Gasteiger partial charge in [-0.05, 0) is 31.2 Å². The molecule has 1 aromatic carbocycles. The number of ether oxygens (including phenoxy) is 1. The number of methoxy groups -OCH3 is 1. The molecule has 0 unspecified atom stereocenters. The zero-order valence-electron chi connectivity index (χ0n) is 9.11. The summed E-state index contributed by atoms with van der Waals surface area (Å²) in [4.78, 5) is 0. The zero-order chi connectivity index (χ0) is 12.0. The maximum absolute atomic E-state index is 8.67. The molecule has 0 fully saturated rings. The standard InChI is InChI=1S/C12H11N3O/c1-9(10(7-13)8-14)15-11-3-5-12(16-2)6-4-11/h3-6,15H,1-2H3. The normalized spacial score (nSPS) is 8.50. The van der Waals surface area contributed by atoms with Gasteiger partial charge in [0.25, 0.3) is 0 Å². The van der Waals surface area contributed by atoms with Gasteiger partial charge in [0.1, 0.15) is 23.5 Å². The van der Waals surface area contributed by atoms with E-state index >= 15 is 0 Å². The van der Waals surface area contributed by atoms with Crippen molar-refractivity contribution in [1.29, 1.82) is 10.5 Å². The molecule has 0 aliphatic heterocycles. The number of nitriles is 2. The predicted molar refractivity (Wildman–Crippen MR) is 60.5 cm³/mol. The summed E-state index contributed by atoms with van der Waals surface area (Å²) >= 11 is 0. The maximum Gasteiger partial charge on any atom is 0.148 e. The van der Waals surface area contributed by atoms with Crippen LogP contribution in [0.15, 0.2) is 35.5 Å². The van der Waals surface area contributed by atoms with E-state index in [1.54, 1.807) is 26.2 Å². The molecular formula is C12H11N3O. The van der Waals surface area contributed by atoms with Gasteiger partial charge in [-0.25, -0.2) is 0 Å². The van der Waals surface area contributed by atoms with E-state index in [4.69, 9.17) is 15.3 Å². The van der Waals surface area contributed by atoms with Crippen LogP contribution in [0.25, 0.3) is 0 Å². The Morgan fingerprint density at radius 2 is 1.75 bits per heavy atom. The van der Waals surface area contributed by atoms with Crippen molar-refractivity contribution in [2.45, 2.75) is 6.92 Å². The first-order valence-corrected chi connectivity index (χ1v) is 4.63. The molecule has 0 atom stereocenters. The van der Waals surface area contributed by atoms with Gasteiger partial charge in [-0.1, -0.05) is 0 Å². The first-order valence-electron chi connectivity index (χ1n) is 4.63. The molecule has 0 saturated carbocycles. The lowest BCUT2D eigenvalue weighted by Gasteiger charge is -2.07. The average Bonchev–Trinajstić information content (AvgIpc) is 2.31. The lowest BCUT2D eigenvalue weighted by molar-refractivity contribution is 0.415. The highest BCUT2D eigenvalue weighted by Crippen LogP contribution is 2.17. The SMILES string of the molecule is COc1ccc(NC(C)=C(C#N)C#N)cc1. The van der Waals surface area contributed by atoms with Gasteiger partial charge in [-0.15, -0.1) is 0 Å². The third-order valence-electron chi connectivity index (χ3n) is 2.02. The van der Waals surface area contributed by atoms with Crippen LogP contribution < -0.4 is 10.1 Å². The van der Waals surface area contributed by atoms with Crippen LogP contribution in [-0.4, -0.2) is 7.11 Å². The summed E-state index contributed by atoms with van der Waals surface area (Å²) < 4.78 is 5.02.